The predicted octanol–water partition coefficient (Wildman–Crippen LogP) is -0.0789. The third-order valence-electron chi connectivity index (χ3n) is 4.07. The Morgan fingerprint density at radius 1 is 1.35 bits per heavy atom. The molecule has 1 aliphatic rings. The molecule has 23 heavy (non-hydrogen) atoms. The zero-order valence-electron chi connectivity index (χ0n) is 13.5. The number of hydrogen-bond acceptors (Lipinski definition) is 6. The lowest BCUT2D eigenvalue weighted by molar-refractivity contribution is -0.144. The highest BCUT2D eigenvalue weighted by Gasteiger charge is 2.40. The summed E-state index contributed by atoms with van der Waals surface area (Å²) in [6, 6.07) is 0. The van der Waals surface area contributed by atoms with Gasteiger partial charge in [-0.25, -0.2) is 4.79 Å². The van der Waals surface area contributed by atoms with Gasteiger partial charge in [0.05, 0.1) is 5.92 Å². The molecule has 0 unspecified atom stereocenters. The molecule has 2 N–H and O–H groups in total. The lowest BCUT2D eigenvalue weighted by Gasteiger charge is -2.13. The van der Waals surface area contributed by atoms with Crippen molar-refractivity contribution in [2.75, 3.05) is 12.3 Å². The van der Waals surface area contributed by atoms with Gasteiger partial charge in [0.15, 0.2) is 6.61 Å². The summed E-state index contributed by atoms with van der Waals surface area (Å²) in [5, 5.41) is 0. The van der Waals surface area contributed by atoms with Crippen LogP contribution in [0.2, 0.25) is 0 Å². The summed E-state index contributed by atoms with van der Waals surface area (Å²) in [5.74, 6) is -1.22. The summed E-state index contributed by atoms with van der Waals surface area (Å²) in [6.07, 6.45) is 1.36. The Balaban J connectivity index is 2.27. The van der Waals surface area contributed by atoms with Crippen molar-refractivity contribution in [3.05, 3.63) is 26.4 Å². The second-order valence-electron chi connectivity index (χ2n) is 5.91. The van der Waals surface area contributed by atoms with Crippen LogP contribution in [-0.2, 0) is 23.1 Å². The van der Waals surface area contributed by atoms with Crippen LogP contribution < -0.4 is 17.0 Å². The first-order chi connectivity index (χ1) is 10.8. The van der Waals surface area contributed by atoms with E-state index in [9.17, 15) is 19.2 Å². The fourth-order valence-corrected chi connectivity index (χ4v) is 2.45. The molecule has 1 saturated carbocycles. The summed E-state index contributed by atoms with van der Waals surface area (Å²) in [4.78, 5) is 48.1. The van der Waals surface area contributed by atoms with E-state index in [2.05, 4.69) is 0 Å². The van der Waals surface area contributed by atoms with E-state index in [1.54, 1.807) is 0 Å². The lowest BCUT2D eigenvalue weighted by atomic mass is 10.2. The lowest BCUT2D eigenvalue weighted by Crippen LogP contribution is -2.43. The highest BCUT2D eigenvalue weighted by atomic mass is 16.5. The van der Waals surface area contributed by atoms with Crippen molar-refractivity contribution in [3.63, 3.8) is 0 Å². The van der Waals surface area contributed by atoms with Crippen molar-refractivity contribution >= 4 is 17.6 Å². The zero-order chi connectivity index (χ0) is 17.3. The van der Waals surface area contributed by atoms with Crippen LogP contribution in [0.1, 0.15) is 37.0 Å². The number of aromatic nitrogens is 2. The fourth-order valence-electron chi connectivity index (χ4n) is 2.45. The van der Waals surface area contributed by atoms with Crippen molar-refractivity contribution in [1.29, 1.82) is 0 Å². The molecular formula is C15H21N3O5. The van der Waals surface area contributed by atoms with Gasteiger partial charge in [-0.05, 0) is 18.8 Å². The van der Waals surface area contributed by atoms with Crippen LogP contribution in [0, 0.1) is 11.8 Å². The molecule has 8 nitrogen and oxygen atoms in total. The van der Waals surface area contributed by atoms with Crippen molar-refractivity contribution in [2.24, 2.45) is 18.9 Å². The van der Waals surface area contributed by atoms with E-state index in [0.717, 1.165) is 11.0 Å². The average molecular weight is 323 g/mol. The highest BCUT2D eigenvalue weighted by Crippen LogP contribution is 2.38. The maximum absolute atomic E-state index is 12.2. The van der Waals surface area contributed by atoms with E-state index < -0.39 is 29.6 Å². The molecule has 0 saturated heterocycles. The number of carbonyl (C=O) groups is 2. The van der Waals surface area contributed by atoms with Crippen LogP contribution in [0.15, 0.2) is 9.59 Å². The van der Waals surface area contributed by atoms with Gasteiger partial charge in [0, 0.05) is 13.6 Å². The summed E-state index contributed by atoms with van der Waals surface area (Å²) in [5.41, 5.74) is 4.17. The van der Waals surface area contributed by atoms with Crippen molar-refractivity contribution in [3.8, 4) is 0 Å². The minimum atomic E-state index is -0.777. The van der Waals surface area contributed by atoms with Gasteiger partial charge in [-0.15, -0.1) is 0 Å². The number of carbonyl (C=O) groups excluding carboxylic acids is 2. The van der Waals surface area contributed by atoms with E-state index in [4.69, 9.17) is 10.5 Å². The van der Waals surface area contributed by atoms with Crippen LogP contribution >= 0.6 is 0 Å². The number of nitrogens with zero attached hydrogens (tertiary/aromatic N) is 2. The Morgan fingerprint density at radius 3 is 2.48 bits per heavy atom. The molecule has 0 amide bonds. The monoisotopic (exact) mass is 323 g/mol. The maximum Gasteiger partial charge on any atom is 0.332 e. The van der Waals surface area contributed by atoms with Gasteiger partial charge >= 0.3 is 11.7 Å². The second kappa shape index (κ2) is 6.39. The molecule has 1 aromatic rings. The summed E-state index contributed by atoms with van der Waals surface area (Å²) in [6.45, 7) is 3.50. The SMILES string of the molecule is CCCn1c(N)c(C(=O)COC(=O)[C@H]2C[C@@H]2C)c(=O)n(C)c1=O. The molecule has 0 bridgehead atoms. The Hall–Kier alpha value is -2.38. The Kier molecular flexibility index (Phi) is 4.72. The number of nitrogens with two attached hydrogens (primary N) is 1. The number of nitrogen functional groups attached to an aromatic ring is 1. The summed E-state index contributed by atoms with van der Waals surface area (Å²) >= 11 is 0. The number of hydrogen-bond donors (Lipinski definition) is 1. The molecule has 0 radical (unpaired) electrons. The Morgan fingerprint density at radius 2 is 1.96 bits per heavy atom. The Bertz CT molecular complexity index is 762. The highest BCUT2D eigenvalue weighted by molar-refractivity contribution is 6.01. The first kappa shape index (κ1) is 17.0. The van der Waals surface area contributed by atoms with Crippen molar-refractivity contribution in [1.82, 2.24) is 9.13 Å². The van der Waals surface area contributed by atoms with Crippen LogP contribution in [0.3, 0.4) is 0 Å². The first-order valence-electron chi connectivity index (χ1n) is 7.58. The number of esters is 1. The largest absolute Gasteiger partial charge is 0.457 e. The zero-order valence-corrected chi connectivity index (χ0v) is 13.5. The van der Waals surface area contributed by atoms with Gasteiger partial charge in [-0.3, -0.25) is 23.5 Å². The normalized spacial score (nSPS) is 19.4. The second-order valence-corrected chi connectivity index (χ2v) is 5.91. The summed E-state index contributed by atoms with van der Waals surface area (Å²) in [7, 11) is 1.28. The molecule has 0 aliphatic heterocycles. The molecular weight excluding hydrogens is 302 g/mol. The molecule has 1 fully saturated rings. The van der Waals surface area contributed by atoms with Gasteiger partial charge in [-0.1, -0.05) is 13.8 Å². The van der Waals surface area contributed by atoms with Gasteiger partial charge < -0.3 is 10.5 Å². The topological polar surface area (TPSA) is 113 Å². The quantitative estimate of drug-likeness (QED) is 0.578. The molecule has 0 aromatic carbocycles. The summed E-state index contributed by atoms with van der Waals surface area (Å²) < 4.78 is 6.97. The molecule has 2 rings (SSSR count). The van der Waals surface area contributed by atoms with Crippen LogP contribution in [0.5, 0.6) is 0 Å². The van der Waals surface area contributed by atoms with Gasteiger partial charge in [-0.2, -0.15) is 0 Å². The smallest absolute Gasteiger partial charge is 0.332 e. The number of anilines is 1. The van der Waals surface area contributed by atoms with Crippen LogP contribution in [0.4, 0.5) is 5.82 Å². The first-order valence-corrected chi connectivity index (χ1v) is 7.58. The number of rotatable bonds is 6. The molecule has 1 heterocycles. The molecule has 1 aliphatic carbocycles. The van der Waals surface area contributed by atoms with Crippen molar-refractivity contribution < 1.29 is 14.3 Å². The minimum absolute atomic E-state index is 0.169. The van der Waals surface area contributed by atoms with E-state index >= 15 is 0 Å². The van der Waals surface area contributed by atoms with Crippen molar-refractivity contribution in [2.45, 2.75) is 33.2 Å². The van der Waals surface area contributed by atoms with E-state index in [1.807, 2.05) is 13.8 Å². The number of ether oxygens (including phenoxy) is 1. The predicted molar refractivity (Wildman–Crippen MR) is 83.2 cm³/mol. The molecule has 2 atom stereocenters. The maximum atomic E-state index is 12.2. The third-order valence-corrected chi connectivity index (χ3v) is 4.07. The molecule has 1 aromatic heterocycles. The van der Waals surface area contributed by atoms with Crippen LogP contribution in [-0.4, -0.2) is 27.5 Å². The number of ketones is 1. The van der Waals surface area contributed by atoms with E-state index in [0.29, 0.717) is 13.0 Å². The van der Waals surface area contributed by atoms with Crippen LogP contribution in [0.25, 0.3) is 0 Å². The van der Waals surface area contributed by atoms with Gasteiger partial charge in [0.25, 0.3) is 5.56 Å². The molecule has 126 valence electrons. The fraction of sp³-hybridized carbons (Fsp3) is 0.600. The molecule has 8 heteroatoms. The number of Topliss-reactive ketones (excluding diaryl/α,β-unsaturated/α-hetero) is 1. The minimum Gasteiger partial charge on any atom is -0.457 e. The van der Waals surface area contributed by atoms with E-state index in [1.165, 1.54) is 11.6 Å². The van der Waals surface area contributed by atoms with Gasteiger partial charge in [0.2, 0.25) is 5.78 Å². The average Bonchev–Trinajstić information content (AvgIpc) is 3.24. The third kappa shape index (κ3) is 3.20. The molecule has 0 spiro atoms. The Labute approximate surface area is 132 Å². The van der Waals surface area contributed by atoms with Gasteiger partial charge in [0.1, 0.15) is 11.4 Å². The standard InChI is InChI=1S/C15H21N3O5/c1-4-5-18-12(16)11(13(20)17(3)15(18)22)10(19)7-23-14(21)9-6-8(9)2/h8-9H,4-7,16H2,1-3H3/t8-,9-/m0/s1. The van der Waals surface area contributed by atoms with E-state index in [-0.39, 0.29) is 23.2 Å².